The third-order valence-electron chi connectivity index (χ3n) is 3.52. The predicted molar refractivity (Wildman–Crippen MR) is 91.9 cm³/mol. The Morgan fingerprint density at radius 3 is 2.57 bits per heavy atom. The Bertz CT molecular complexity index is 923. The molecule has 1 aromatic carbocycles. The number of hydrogen-bond donors (Lipinski definition) is 2. The highest BCUT2D eigenvalue weighted by molar-refractivity contribution is 5.93. The second kappa shape index (κ2) is 8.56. The van der Waals surface area contributed by atoms with E-state index in [-0.39, 0.29) is 47.1 Å². The Kier molecular flexibility index (Phi) is 6.41. The molecule has 0 spiro atoms. The van der Waals surface area contributed by atoms with Crippen molar-refractivity contribution < 1.29 is 27.1 Å². The van der Waals surface area contributed by atoms with Crippen LogP contribution in [0, 0.1) is 17.1 Å². The van der Waals surface area contributed by atoms with Gasteiger partial charge in [0, 0.05) is 6.54 Å². The third-order valence-corrected chi connectivity index (χ3v) is 3.52. The van der Waals surface area contributed by atoms with E-state index in [0.29, 0.717) is 0 Å². The average Bonchev–Trinajstić information content (AvgIpc) is 2.57. The van der Waals surface area contributed by atoms with Crippen LogP contribution in [0.3, 0.4) is 0 Å². The minimum atomic E-state index is -4.48. The SMILES string of the molecule is CCOc1nc(C(=O)NCc2cc(F)cc(CC(F)(F)F)c2)cc(N)c1C#N. The number of carbonyl (C=O) groups is 1. The van der Waals surface area contributed by atoms with Crippen LogP contribution >= 0.6 is 0 Å². The fraction of sp³-hybridized carbons (Fsp3) is 0.278. The van der Waals surface area contributed by atoms with Crippen molar-refractivity contribution >= 4 is 11.6 Å². The maximum absolute atomic E-state index is 13.6. The van der Waals surface area contributed by atoms with Crippen LogP contribution in [0.2, 0.25) is 0 Å². The summed E-state index contributed by atoms with van der Waals surface area (Å²) in [5, 5.41) is 11.5. The molecule has 2 aromatic rings. The number of pyridine rings is 1. The van der Waals surface area contributed by atoms with Crippen molar-refractivity contribution in [3.63, 3.8) is 0 Å². The van der Waals surface area contributed by atoms with E-state index < -0.39 is 24.3 Å². The van der Waals surface area contributed by atoms with Gasteiger partial charge in [0.05, 0.1) is 18.7 Å². The average molecular weight is 396 g/mol. The Morgan fingerprint density at radius 1 is 1.29 bits per heavy atom. The van der Waals surface area contributed by atoms with Gasteiger partial charge in [0.15, 0.2) is 0 Å². The molecule has 10 heteroatoms. The number of hydrogen-bond acceptors (Lipinski definition) is 5. The number of nitrogens with two attached hydrogens (primary N) is 1. The smallest absolute Gasteiger partial charge is 0.393 e. The van der Waals surface area contributed by atoms with E-state index >= 15 is 0 Å². The molecule has 6 nitrogen and oxygen atoms in total. The molecule has 1 aromatic heterocycles. The highest BCUT2D eigenvalue weighted by Gasteiger charge is 2.28. The number of benzene rings is 1. The summed E-state index contributed by atoms with van der Waals surface area (Å²) in [5.41, 5.74) is 5.46. The molecule has 0 aliphatic heterocycles. The van der Waals surface area contributed by atoms with Gasteiger partial charge in [-0.15, -0.1) is 0 Å². The first-order valence-corrected chi connectivity index (χ1v) is 8.09. The molecule has 0 saturated carbocycles. The zero-order valence-electron chi connectivity index (χ0n) is 14.7. The third kappa shape index (κ3) is 5.57. The normalized spacial score (nSPS) is 11.0. The minimum absolute atomic E-state index is 0.00989. The van der Waals surface area contributed by atoms with E-state index in [1.165, 1.54) is 6.07 Å². The van der Waals surface area contributed by atoms with Crippen LogP contribution in [0.4, 0.5) is 23.2 Å². The second-order valence-electron chi connectivity index (χ2n) is 5.76. The molecule has 3 N–H and O–H groups in total. The van der Waals surface area contributed by atoms with Gasteiger partial charge in [-0.3, -0.25) is 4.79 Å². The molecule has 2 rings (SSSR count). The molecule has 0 atom stereocenters. The van der Waals surface area contributed by atoms with E-state index in [4.69, 9.17) is 15.7 Å². The predicted octanol–water partition coefficient (Wildman–Crippen LogP) is 3.11. The van der Waals surface area contributed by atoms with E-state index in [0.717, 1.165) is 18.2 Å². The van der Waals surface area contributed by atoms with Crippen LogP contribution in [-0.2, 0) is 13.0 Å². The van der Waals surface area contributed by atoms with Crippen molar-refractivity contribution in [2.24, 2.45) is 0 Å². The van der Waals surface area contributed by atoms with Crippen molar-refractivity contribution in [2.45, 2.75) is 26.1 Å². The number of aromatic nitrogens is 1. The fourth-order valence-corrected chi connectivity index (χ4v) is 2.44. The van der Waals surface area contributed by atoms with E-state index in [1.807, 2.05) is 6.07 Å². The van der Waals surface area contributed by atoms with Crippen LogP contribution in [0.1, 0.15) is 34.1 Å². The molecular formula is C18H16F4N4O2. The van der Waals surface area contributed by atoms with Gasteiger partial charge in [0.25, 0.3) is 5.91 Å². The van der Waals surface area contributed by atoms with Gasteiger partial charge >= 0.3 is 6.18 Å². The number of carbonyl (C=O) groups excluding carboxylic acids is 1. The van der Waals surface area contributed by atoms with Crippen molar-refractivity contribution in [2.75, 3.05) is 12.3 Å². The lowest BCUT2D eigenvalue weighted by Gasteiger charge is -2.11. The van der Waals surface area contributed by atoms with Crippen LogP contribution < -0.4 is 15.8 Å². The molecule has 0 unspecified atom stereocenters. The zero-order chi connectivity index (χ0) is 20.9. The summed E-state index contributed by atoms with van der Waals surface area (Å²) in [5.74, 6) is -1.66. The fourth-order valence-electron chi connectivity index (χ4n) is 2.44. The van der Waals surface area contributed by atoms with Gasteiger partial charge in [-0.1, -0.05) is 6.07 Å². The van der Waals surface area contributed by atoms with E-state index in [1.54, 1.807) is 6.92 Å². The van der Waals surface area contributed by atoms with Gasteiger partial charge in [0.2, 0.25) is 5.88 Å². The lowest BCUT2D eigenvalue weighted by molar-refractivity contribution is -0.127. The summed E-state index contributed by atoms with van der Waals surface area (Å²) in [6.45, 7) is 1.62. The summed E-state index contributed by atoms with van der Waals surface area (Å²) >= 11 is 0. The highest BCUT2D eigenvalue weighted by Crippen LogP contribution is 2.24. The Balaban J connectivity index is 2.17. The molecule has 0 aliphatic carbocycles. The maximum atomic E-state index is 13.6. The van der Waals surface area contributed by atoms with Gasteiger partial charge in [0.1, 0.15) is 23.1 Å². The van der Waals surface area contributed by atoms with Crippen molar-refractivity contribution in [3.05, 3.63) is 52.5 Å². The number of rotatable bonds is 6. The Hall–Kier alpha value is -3.35. The molecule has 1 amide bonds. The van der Waals surface area contributed by atoms with Crippen LogP contribution in [0.15, 0.2) is 24.3 Å². The Morgan fingerprint density at radius 2 is 1.96 bits per heavy atom. The summed E-state index contributed by atoms with van der Waals surface area (Å²) in [6.07, 6.45) is -5.76. The molecule has 0 radical (unpaired) electrons. The Labute approximate surface area is 157 Å². The van der Waals surface area contributed by atoms with Crippen LogP contribution in [0.5, 0.6) is 5.88 Å². The number of amides is 1. The summed E-state index contributed by atoms with van der Waals surface area (Å²) in [7, 11) is 0. The summed E-state index contributed by atoms with van der Waals surface area (Å²) in [6, 6.07) is 5.97. The number of nitriles is 1. The quantitative estimate of drug-likeness (QED) is 0.731. The number of anilines is 1. The number of nitrogens with one attached hydrogen (secondary N) is 1. The monoisotopic (exact) mass is 396 g/mol. The lowest BCUT2D eigenvalue weighted by Crippen LogP contribution is -2.24. The van der Waals surface area contributed by atoms with Crippen LogP contribution in [0.25, 0.3) is 0 Å². The maximum Gasteiger partial charge on any atom is 0.393 e. The van der Waals surface area contributed by atoms with E-state index in [9.17, 15) is 22.4 Å². The largest absolute Gasteiger partial charge is 0.477 e. The zero-order valence-corrected chi connectivity index (χ0v) is 14.7. The number of halogens is 4. The summed E-state index contributed by atoms with van der Waals surface area (Å²) in [4.78, 5) is 16.2. The minimum Gasteiger partial charge on any atom is -0.477 e. The molecule has 1 heterocycles. The molecule has 148 valence electrons. The van der Waals surface area contributed by atoms with Crippen LogP contribution in [-0.4, -0.2) is 23.7 Å². The first-order valence-electron chi connectivity index (χ1n) is 8.09. The topological polar surface area (TPSA) is 101 Å². The number of nitrogens with zero attached hydrogens (tertiary/aromatic N) is 2. The van der Waals surface area contributed by atoms with Gasteiger partial charge in [-0.25, -0.2) is 9.37 Å². The number of nitrogen functional groups attached to an aromatic ring is 1. The molecule has 0 saturated heterocycles. The van der Waals surface area contributed by atoms with Gasteiger partial charge in [-0.2, -0.15) is 18.4 Å². The highest BCUT2D eigenvalue weighted by atomic mass is 19.4. The van der Waals surface area contributed by atoms with Gasteiger partial charge in [-0.05, 0) is 36.2 Å². The van der Waals surface area contributed by atoms with E-state index in [2.05, 4.69) is 10.3 Å². The molecule has 28 heavy (non-hydrogen) atoms. The van der Waals surface area contributed by atoms with Crippen molar-refractivity contribution in [3.8, 4) is 11.9 Å². The molecule has 0 bridgehead atoms. The summed E-state index contributed by atoms with van der Waals surface area (Å²) < 4.78 is 56.2. The number of alkyl halides is 3. The molecule has 0 aliphatic rings. The molecular weight excluding hydrogens is 380 g/mol. The number of ether oxygens (including phenoxy) is 1. The first kappa shape index (κ1) is 21.0. The molecule has 0 fully saturated rings. The van der Waals surface area contributed by atoms with Gasteiger partial charge < -0.3 is 15.8 Å². The standard InChI is InChI=1S/C18H16F4N4O2/c1-2-28-17-13(8-23)14(24)6-15(26-17)16(27)25-9-11-3-10(4-12(19)5-11)7-18(20,21)22/h3-6H,2,7,9H2,1H3,(H2,24,26)(H,25,27). The second-order valence-corrected chi connectivity index (χ2v) is 5.76. The van der Waals surface area contributed by atoms with Crippen molar-refractivity contribution in [1.29, 1.82) is 5.26 Å². The van der Waals surface area contributed by atoms with Crippen molar-refractivity contribution in [1.82, 2.24) is 10.3 Å². The lowest BCUT2D eigenvalue weighted by atomic mass is 10.1. The first-order chi connectivity index (χ1) is 13.1.